The number of hydrogen-bond acceptors (Lipinski definition) is 4. The van der Waals surface area contributed by atoms with Gasteiger partial charge < -0.3 is 5.32 Å². The second-order valence-corrected chi connectivity index (χ2v) is 9.76. The molecule has 1 fully saturated rings. The van der Waals surface area contributed by atoms with Crippen molar-refractivity contribution in [1.29, 1.82) is 0 Å². The maximum Gasteiger partial charge on any atom is 0.273 e. The molecule has 0 saturated heterocycles. The van der Waals surface area contributed by atoms with Gasteiger partial charge in [0.2, 0.25) is 0 Å². The van der Waals surface area contributed by atoms with E-state index in [9.17, 15) is 13.2 Å². The molecule has 1 aromatic heterocycles. The minimum atomic E-state index is -3.56. The number of thiophene rings is 1. The summed E-state index contributed by atoms with van der Waals surface area (Å²) in [6.45, 7) is 0. The molecule has 140 valence electrons. The summed E-state index contributed by atoms with van der Waals surface area (Å²) in [5, 5.41) is 4.85. The van der Waals surface area contributed by atoms with E-state index >= 15 is 0 Å². The first-order valence-electron chi connectivity index (χ1n) is 8.92. The van der Waals surface area contributed by atoms with Gasteiger partial charge in [-0.25, -0.2) is 8.42 Å². The van der Waals surface area contributed by atoms with Crippen molar-refractivity contribution in [3.05, 3.63) is 47.3 Å². The summed E-state index contributed by atoms with van der Waals surface area (Å²) in [5.74, 6) is -0.0905. The van der Waals surface area contributed by atoms with Gasteiger partial charge in [-0.3, -0.25) is 9.10 Å². The van der Waals surface area contributed by atoms with Gasteiger partial charge in [0.25, 0.3) is 15.9 Å². The van der Waals surface area contributed by atoms with Crippen molar-refractivity contribution >= 4 is 33.0 Å². The third-order valence-corrected chi connectivity index (χ3v) is 7.95. The second kappa shape index (κ2) is 8.22. The van der Waals surface area contributed by atoms with Crippen LogP contribution >= 0.6 is 11.3 Å². The lowest BCUT2D eigenvalue weighted by atomic mass is 10.1. The second-order valence-electron chi connectivity index (χ2n) is 6.61. The highest BCUT2D eigenvalue weighted by molar-refractivity contribution is 7.94. The summed E-state index contributed by atoms with van der Waals surface area (Å²) in [6.07, 6.45) is 6.87. The summed E-state index contributed by atoms with van der Waals surface area (Å²) in [4.78, 5) is 12.4. The van der Waals surface area contributed by atoms with E-state index in [1.165, 1.54) is 35.5 Å². The third kappa shape index (κ3) is 4.27. The molecule has 0 bridgehead atoms. The Kier molecular flexibility index (Phi) is 5.98. The molecule has 0 radical (unpaired) electrons. The monoisotopic (exact) mass is 392 g/mol. The van der Waals surface area contributed by atoms with Crippen molar-refractivity contribution in [3.63, 3.8) is 0 Å². The molecule has 1 saturated carbocycles. The Morgan fingerprint density at radius 2 is 1.73 bits per heavy atom. The SMILES string of the molecule is CN(c1ccc(C(=O)NC2CCCCCC2)cc1)S(=O)(=O)c1cccs1. The van der Waals surface area contributed by atoms with E-state index in [4.69, 9.17) is 0 Å². The molecule has 1 amide bonds. The lowest BCUT2D eigenvalue weighted by Gasteiger charge is -2.19. The van der Waals surface area contributed by atoms with Crippen LogP contribution in [0.3, 0.4) is 0 Å². The first kappa shape index (κ1) is 18.9. The number of sulfonamides is 1. The van der Waals surface area contributed by atoms with Crippen molar-refractivity contribution in [2.45, 2.75) is 48.8 Å². The van der Waals surface area contributed by atoms with Crippen LogP contribution in [0.15, 0.2) is 46.0 Å². The normalized spacial score (nSPS) is 16.0. The molecule has 1 N–H and O–H groups in total. The zero-order valence-corrected chi connectivity index (χ0v) is 16.5. The fraction of sp³-hybridized carbons (Fsp3) is 0.421. The van der Waals surface area contributed by atoms with Crippen LogP contribution in [0.1, 0.15) is 48.9 Å². The van der Waals surface area contributed by atoms with Gasteiger partial charge in [0.15, 0.2) is 0 Å². The first-order chi connectivity index (χ1) is 12.5. The number of nitrogens with one attached hydrogen (secondary N) is 1. The highest BCUT2D eigenvalue weighted by Gasteiger charge is 2.22. The average molecular weight is 393 g/mol. The number of benzene rings is 1. The van der Waals surface area contributed by atoms with Gasteiger partial charge >= 0.3 is 0 Å². The molecule has 0 spiro atoms. The van der Waals surface area contributed by atoms with Gasteiger partial charge in [-0.2, -0.15) is 0 Å². The quantitative estimate of drug-likeness (QED) is 0.782. The summed E-state index contributed by atoms with van der Waals surface area (Å²) >= 11 is 1.19. The molecule has 1 aliphatic rings. The van der Waals surface area contributed by atoms with E-state index < -0.39 is 10.0 Å². The Morgan fingerprint density at radius 1 is 1.08 bits per heavy atom. The lowest BCUT2D eigenvalue weighted by Crippen LogP contribution is -2.34. The van der Waals surface area contributed by atoms with Crippen molar-refractivity contribution in [2.24, 2.45) is 0 Å². The van der Waals surface area contributed by atoms with E-state index in [1.807, 2.05) is 0 Å². The number of nitrogens with zero attached hydrogens (tertiary/aromatic N) is 1. The van der Waals surface area contributed by atoms with Crippen LogP contribution in [0.25, 0.3) is 0 Å². The summed E-state index contributed by atoms with van der Waals surface area (Å²) in [5.41, 5.74) is 1.09. The van der Waals surface area contributed by atoms with E-state index in [0.29, 0.717) is 15.5 Å². The number of carbonyl (C=O) groups excluding carboxylic acids is 1. The minimum absolute atomic E-state index is 0.0905. The van der Waals surface area contributed by atoms with Crippen molar-refractivity contribution in [3.8, 4) is 0 Å². The van der Waals surface area contributed by atoms with Crippen LogP contribution in [0, 0.1) is 0 Å². The Morgan fingerprint density at radius 3 is 2.31 bits per heavy atom. The van der Waals surface area contributed by atoms with Gasteiger partial charge in [0.1, 0.15) is 4.21 Å². The van der Waals surface area contributed by atoms with E-state index in [2.05, 4.69) is 5.32 Å². The van der Waals surface area contributed by atoms with Gasteiger partial charge in [0.05, 0.1) is 5.69 Å². The minimum Gasteiger partial charge on any atom is -0.349 e. The van der Waals surface area contributed by atoms with Crippen LogP contribution in [-0.4, -0.2) is 27.4 Å². The lowest BCUT2D eigenvalue weighted by molar-refractivity contribution is 0.0933. The number of anilines is 1. The van der Waals surface area contributed by atoms with E-state index in [-0.39, 0.29) is 11.9 Å². The average Bonchev–Trinajstić information content (AvgIpc) is 3.08. The van der Waals surface area contributed by atoms with E-state index in [0.717, 1.165) is 25.7 Å². The molecule has 26 heavy (non-hydrogen) atoms. The number of hydrogen-bond donors (Lipinski definition) is 1. The van der Waals surface area contributed by atoms with Gasteiger partial charge in [-0.1, -0.05) is 31.7 Å². The maximum atomic E-state index is 12.6. The largest absolute Gasteiger partial charge is 0.349 e. The summed E-state index contributed by atoms with van der Waals surface area (Å²) in [7, 11) is -2.03. The van der Waals surface area contributed by atoms with Gasteiger partial charge in [-0.05, 0) is 48.6 Å². The number of amides is 1. The van der Waals surface area contributed by atoms with Crippen molar-refractivity contribution in [1.82, 2.24) is 5.32 Å². The molecule has 2 aromatic rings. The van der Waals surface area contributed by atoms with Crippen LogP contribution in [0.4, 0.5) is 5.69 Å². The Hall–Kier alpha value is -1.86. The molecule has 0 unspecified atom stereocenters. The Bertz CT molecular complexity index is 822. The van der Waals surface area contributed by atoms with Crippen LogP contribution in [0.2, 0.25) is 0 Å². The summed E-state index contributed by atoms with van der Waals surface area (Å²) < 4.78 is 26.7. The molecule has 3 rings (SSSR count). The smallest absolute Gasteiger partial charge is 0.273 e. The van der Waals surface area contributed by atoms with Crippen LogP contribution in [0.5, 0.6) is 0 Å². The Balaban J connectivity index is 1.68. The molecule has 1 heterocycles. The van der Waals surface area contributed by atoms with Gasteiger partial charge in [-0.15, -0.1) is 11.3 Å². The molecule has 7 heteroatoms. The van der Waals surface area contributed by atoms with E-state index in [1.54, 1.807) is 41.8 Å². The predicted molar refractivity (Wildman–Crippen MR) is 105 cm³/mol. The highest BCUT2D eigenvalue weighted by Crippen LogP contribution is 2.25. The molecule has 1 aromatic carbocycles. The van der Waals surface area contributed by atoms with Crippen LogP contribution < -0.4 is 9.62 Å². The van der Waals surface area contributed by atoms with Crippen molar-refractivity contribution in [2.75, 3.05) is 11.4 Å². The number of rotatable bonds is 5. The highest BCUT2D eigenvalue weighted by atomic mass is 32.2. The Labute approximate surface area is 159 Å². The predicted octanol–water partition coefficient (Wildman–Crippen LogP) is 4.03. The maximum absolute atomic E-state index is 12.6. The molecule has 5 nitrogen and oxygen atoms in total. The molecule has 0 aliphatic heterocycles. The van der Waals surface area contributed by atoms with Crippen molar-refractivity contribution < 1.29 is 13.2 Å². The molecule has 1 aliphatic carbocycles. The zero-order chi connectivity index (χ0) is 18.6. The topological polar surface area (TPSA) is 66.5 Å². The van der Waals surface area contributed by atoms with Crippen LogP contribution in [-0.2, 0) is 10.0 Å². The zero-order valence-electron chi connectivity index (χ0n) is 14.8. The molecule has 0 atom stereocenters. The van der Waals surface area contributed by atoms with Gasteiger partial charge in [0, 0.05) is 18.7 Å². The first-order valence-corrected chi connectivity index (χ1v) is 11.2. The molecular formula is C19H24N2O3S2. The summed E-state index contributed by atoms with van der Waals surface area (Å²) in [6, 6.07) is 10.3. The standard InChI is InChI=1S/C19H24N2O3S2/c1-21(26(23,24)18-9-6-14-25-18)17-12-10-15(11-13-17)19(22)20-16-7-4-2-3-5-8-16/h6,9-14,16H,2-5,7-8H2,1H3,(H,20,22). The fourth-order valence-corrected chi connectivity index (χ4v) is 5.56. The third-order valence-electron chi connectivity index (χ3n) is 4.79. The molecular weight excluding hydrogens is 368 g/mol. The number of carbonyl (C=O) groups is 1. The fourth-order valence-electron chi connectivity index (χ4n) is 3.20.